The van der Waals surface area contributed by atoms with Gasteiger partial charge in [0.25, 0.3) is 0 Å². The molecular formula is C34H47N5O. The van der Waals surface area contributed by atoms with Gasteiger partial charge in [-0.15, -0.1) is 0 Å². The van der Waals surface area contributed by atoms with Crippen molar-refractivity contribution in [2.75, 3.05) is 11.9 Å². The summed E-state index contributed by atoms with van der Waals surface area (Å²) in [4.78, 5) is 13.8. The average Bonchev–Trinajstić information content (AvgIpc) is 3.62. The number of allylic oxidation sites excluding steroid dienone is 1. The number of anilines is 1. The Hall–Kier alpha value is -3.25. The molecule has 2 heterocycles. The van der Waals surface area contributed by atoms with Gasteiger partial charge in [0.1, 0.15) is 0 Å². The van der Waals surface area contributed by atoms with E-state index < -0.39 is 0 Å². The molecule has 0 bridgehead atoms. The molecule has 3 aliphatic rings. The Morgan fingerprint density at radius 2 is 1.82 bits per heavy atom. The molecule has 40 heavy (non-hydrogen) atoms. The Morgan fingerprint density at radius 1 is 1.12 bits per heavy atom. The number of pyridine rings is 1. The summed E-state index contributed by atoms with van der Waals surface area (Å²) in [5.41, 5.74) is 13.8. The Bertz CT molecular complexity index is 1300. The number of hydrogen-bond donors (Lipinski definition) is 3. The molecule has 6 nitrogen and oxygen atoms in total. The van der Waals surface area contributed by atoms with E-state index in [4.69, 9.17) is 10.7 Å². The molecule has 4 N–H and O–H groups in total. The van der Waals surface area contributed by atoms with Gasteiger partial charge in [0.2, 0.25) is 0 Å². The van der Waals surface area contributed by atoms with Gasteiger partial charge in [0.15, 0.2) is 5.84 Å². The summed E-state index contributed by atoms with van der Waals surface area (Å²) < 4.78 is 0. The summed E-state index contributed by atoms with van der Waals surface area (Å²) in [5.74, 6) is 1.48. The highest BCUT2D eigenvalue weighted by molar-refractivity contribution is 6.13. The van der Waals surface area contributed by atoms with Crippen molar-refractivity contribution in [3.05, 3.63) is 77.4 Å². The summed E-state index contributed by atoms with van der Waals surface area (Å²) in [6, 6.07) is 10.2. The zero-order valence-electron chi connectivity index (χ0n) is 25.1. The quantitative estimate of drug-likeness (QED) is 0.274. The molecule has 0 amide bonds. The lowest BCUT2D eigenvalue weighted by atomic mass is 9.56. The van der Waals surface area contributed by atoms with E-state index in [0.29, 0.717) is 17.0 Å². The number of benzene rings is 1. The van der Waals surface area contributed by atoms with E-state index in [1.54, 1.807) is 12.4 Å². The van der Waals surface area contributed by atoms with E-state index in [1.165, 1.54) is 44.2 Å². The summed E-state index contributed by atoms with van der Waals surface area (Å²) in [6.07, 6.45) is 13.0. The number of nitrogens with two attached hydrogens (primary N) is 1. The summed E-state index contributed by atoms with van der Waals surface area (Å²) in [5, 5.41) is 13.1. The van der Waals surface area contributed by atoms with Gasteiger partial charge in [-0.1, -0.05) is 45.4 Å². The van der Waals surface area contributed by atoms with Crippen LogP contribution in [0.1, 0.15) is 94.5 Å². The molecular weight excluding hydrogens is 494 g/mol. The molecule has 6 heteroatoms. The van der Waals surface area contributed by atoms with Crippen molar-refractivity contribution >= 4 is 22.8 Å². The second kappa shape index (κ2) is 12.5. The first-order valence-electron chi connectivity index (χ1n) is 14.8. The van der Waals surface area contributed by atoms with Crippen LogP contribution in [0.25, 0.3) is 5.57 Å². The second-order valence-corrected chi connectivity index (χ2v) is 12.3. The van der Waals surface area contributed by atoms with Crippen molar-refractivity contribution in [2.24, 2.45) is 27.1 Å². The van der Waals surface area contributed by atoms with Gasteiger partial charge in [-0.25, -0.2) is 4.99 Å². The van der Waals surface area contributed by atoms with Crippen LogP contribution in [-0.2, 0) is 0 Å². The number of aryl methyl sites for hydroxylation is 2. The number of aromatic nitrogens is 1. The van der Waals surface area contributed by atoms with Crippen LogP contribution in [0, 0.1) is 25.2 Å². The predicted octanol–water partition coefficient (Wildman–Crippen LogP) is 7.35. The summed E-state index contributed by atoms with van der Waals surface area (Å²) >= 11 is 0. The van der Waals surface area contributed by atoms with Crippen LogP contribution in [0.2, 0.25) is 0 Å². The first kappa shape index (κ1) is 29.7. The molecule has 0 saturated heterocycles. The van der Waals surface area contributed by atoms with Crippen molar-refractivity contribution in [1.82, 2.24) is 4.98 Å². The van der Waals surface area contributed by atoms with Crippen molar-refractivity contribution in [3.8, 4) is 0 Å². The van der Waals surface area contributed by atoms with E-state index in [0.717, 1.165) is 58.9 Å². The third kappa shape index (κ3) is 7.28. The topological polar surface area (TPSA) is 95.9 Å². The lowest BCUT2D eigenvalue weighted by Crippen LogP contribution is -2.49. The van der Waals surface area contributed by atoms with Gasteiger partial charge < -0.3 is 16.2 Å². The van der Waals surface area contributed by atoms with Crippen LogP contribution in [-0.4, -0.2) is 33.8 Å². The van der Waals surface area contributed by atoms with Gasteiger partial charge in [-0.3, -0.25) is 9.98 Å². The predicted molar refractivity (Wildman–Crippen MR) is 169 cm³/mol. The molecule has 0 radical (unpaired) electrons. The summed E-state index contributed by atoms with van der Waals surface area (Å²) in [7, 11) is 0. The second-order valence-electron chi connectivity index (χ2n) is 12.3. The maximum atomic E-state index is 9.70. The lowest BCUT2D eigenvalue weighted by Gasteiger charge is -2.52. The number of nitrogens with zero attached hydrogens (tertiary/aromatic N) is 3. The number of nitrogens with one attached hydrogen (secondary N) is 1. The van der Waals surface area contributed by atoms with Crippen LogP contribution < -0.4 is 11.1 Å². The Balaban J connectivity index is 0.000000259. The highest BCUT2D eigenvalue weighted by atomic mass is 16.3. The zero-order valence-corrected chi connectivity index (χ0v) is 25.1. The zero-order chi connectivity index (χ0) is 28.9. The third-order valence-electron chi connectivity index (χ3n) is 8.23. The van der Waals surface area contributed by atoms with Gasteiger partial charge in [0.05, 0.1) is 17.8 Å². The highest BCUT2D eigenvalue weighted by Gasteiger charge is 2.49. The van der Waals surface area contributed by atoms with Gasteiger partial charge in [-0.2, -0.15) is 0 Å². The molecule has 0 unspecified atom stereocenters. The van der Waals surface area contributed by atoms with Crippen LogP contribution in [0.5, 0.6) is 0 Å². The molecule has 2 aliphatic carbocycles. The Kier molecular flexibility index (Phi) is 9.29. The third-order valence-corrected chi connectivity index (χ3v) is 8.23. The van der Waals surface area contributed by atoms with E-state index in [2.05, 4.69) is 60.8 Å². The van der Waals surface area contributed by atoms with Crippen molar-refractivity contribution in [2.45, 2.75) is 91.6 Å². The van der Waals surface area contributed by atoms with E-state index in [-0.39, 0.29) is 5.60 Å². The number of rotatable bonds is 10. The lowest BCUT2D eigenvalue weighted by molar-refractivity contribution is -0.123. The minimum Gasteiger partial charge on any atom is -0.404 e. The largest absolute Gasteiger partial charge is 0.404 e. The minimum absolute atomic E-state index is 0.343. The molecule has 1 aromatic heterocycles. The van der Waals surface area contributed by atoms with Crippen LogP contribution >= 0.6 is 0 Å². The number of aliphatic imine (C=N–C) groups is 2. The molecule has 2 fully saturated rings. The molecule has 1 aromatic carbocycles. The van der Waals surface area contributed by atoms with Gasteiger partial charge in [-0.05, 0) is 100.0 Å². The molecule has 5 rings (SSSR count). The molecule has 0 atom stereocenters. The monoisotopic (exact) mass is 541 g/mol. The van der Waals surface area contributed by atoms with E-state index >= 15 is 0 Å². The SMILES string of the molecule is C=C(Nc1cc(C2=NCC(C3CC3)=N2)ccc1C)/C(=C/N)c1cc(C)ccn1.CCCC1(CCC)CC(C)(O)C1. The van der Waals surface area contributed by atoms with E-state index in [1.807, 2.05) is 26.0 Å². The molecule has 2 saturated carbocycles. The van der Waals surface area contributed by atoms with Crippen LogP contribution in [0.15, 0.2) is 65.0 Å². The summed E-state index contributed by atoms with van der Waals surface area (Å²) in [6.45, 7) is 15.5. The van der Waals surface area contributed by atoms with Crippen molar-refractivity contribution in [3.63, 3.8) is 0 Å². The molecule has 0 spiro atoms. The fourth-order valence-corrected chi connectivity index (χ4v) is 6.41. The van der Waals surface area contributed by atoms with Crippen molar-refractivity contribution in [1.29, 1.82) is 0 Å². The number of aliphatic hydroxyl groups is 1. The fraction of sp³-hybridized carbons (Fsp3) is 0.500. The molecule has 2 aromatic rings. The Labute approximate surface area is 240 Å². The van der Waals surface area contributed by atoms with Crippen LogP contribution in [0.4, 0.5) is 5.69 Å². The van der Waals surface area contributed by atoms with Crippen molar-refractivity contribution < 1.29 is 5.11 Å². The molecule has 214 valence electrons. The average molecular weight is 542 g/mol. The number of hydrogen-bond acceptors (Lipinski definition) is 6. The minimum atomic E-state index is -0.343. The van der Waals surface area contributed by atoms with Gasteiger partial charge in [0, 0.05) is 40.6 Å². The number of amidine groups is 1. The standard InChI is InChI=1S/C23H25N5.C11H22O/c1-14-8-9-25-21(10-14)19(12-24)16(3)27-20-11-18(5-4-15(20)2)23-26-13-22(28-23)17-6-7-17;1-4-6-11(7-5-2)8-10(3,12)9-11/h4-5,8-12,17,27H,3,6-7,13,24H2,1-2H3;12H,4-9H2,1-3H3/b19-12-;. The maximum absolute atomic E-state index is 9.70. The van der Waals surface area contributed by atoms with Gasteiger partial charge >= 0.3 is 0 Å². The fourth-order valence-electron chi connectivity index (χ4n) is 6.41. The maximum Gasteiger partial charge on any atom is 0.155 e. The van der Waals surface area contributed by atoms with Crippen LogP contribution in [0.3, 0.4) is 0 Å². The van der Waals surface area contributed by atoms with E-state index in [9.17, 15) is 5.11 Å². The first-order chi connectivity index (χ1) is 19.1. The highest BCUT2D eigenvalue weighted by Crippen LogP contribution is 2.54. The Morgan fingerprint density at radius 3 is 2.40 bits per heavy atom. The molecule has 1 aliphatic heterocycles. The normalized spacial score (nSPS) is 19.1. The first-order valence-corrected chi connectivity index (χ1v) is 14.8. The smallest absolute Gasteiger partial charge is 0.155 e.